The molecule has 156 valence electrons. The minimum atomic E-state index is -1.54. The van der Waals surface area contributed by atoms with Crippen LogP contribution in [0.4, 0.5) is 0 Å². The molecule has 27 heavy (non-hydrogen) atoms. The average molecular weight is 385 g/mol. The van der Waals surface area contributed by atoms with E-state index in [1.165, 1.54) is 0 Å². The van der Waals surface area contributed by atoms with Crippen molar-refractivity contribution in [3.05, 3.63) is 0 Å². The monoisotopic (exact) mass is 384 g/mol. The standard InChI is InChI=1S/C21H36O6/c1-19-5-3-12(23)7-11(19)8-15(24)18-13-4-6-21(27,17(26)10-22)20(13,2)16(25)9-14(18)19/h11-18,22-27H,3-10H2,1-2H3. The smallest absolute Gasteiger partial charge is 0.106 e. The summed E-state index contributed by atoms with van der Waals surface area (Å²) in [5.74, 6) is 0.254. The lowest BCUT2D eigenvalue weighted by Gasteiger charge is -2.64. The zero-order chi connectivity index (χ0) is 19.8. The summed E-state index contributed by atoms with van der Waals surface area (Å²) < 4.78 is 0. The van der Waals surface area contributed by atoms with Crippen molar-refractivity contribution in [2.45, 2.75) is 88.8 Å². The van der Waals surface area contributed by atoms with E-state index in [-0.39, 0.29) is 35.2 Å². The van der Waals surface area contributed by atoms with E-state index in [2.05, 4.69) is 6.92 Å². The number of fused-ring (bicyclic) bond motifs is 5. The Morgan fingerprint density at radius 2 is 1.67 bits per heavy atom. The predicted octanol–water partition coefficient (Wildman–Crippen LogP) is 0.416. The molecule has 0 heterocycles. The molecule has 0 aromatic carbocycles. The molecule has 4 rings (SSSR count). The fourth-order valence-corrected chi connectivity index (χ4v) is 7.94. The van der Waals surface area contributed by atoms with Gasteiger partial charge in [0.25, 0.3) is 0 Å². The van der Waals surface area contributed by atoms with Gasteiger partial charge >= 0.3 is 0 Å². The summed E-state index contributed by atoms with van der Waals surface area (Å²) in [6, 6.07) is 0. The van der Waals surface area contributed by atoms with Crippen molar-refractivity contribution in [2.24, 2.45) is 34.5 Å². The second kappa shape index (κ2) is 6.38. The van der Waals surface area contributed by atoms with E-state index < -0.39 is 35.9 Å². The van der Waals surface area contributed by atoms with Crippen LogP contribution >= 0.6 is 0 Å². The van der Waals surface area contributed by atoms with E-state index in [1.807, 2.05) is 6.92 Å². The molecule has 6 nitrogen and oxygen atoms in total. The summed E-state index contributed by atoms with van der Waals surface area (Å²) in [4.78, 5) is 0. The van der Waals surface area contributed by atoms with Crippen LogP contribution in [0.15, 0.2) is 0 Å². The summed E-state index contributed by atoms with van der Waals surface area (Å²) in [5.41, 5.74) is -2.52. The highest BCUT2D eigenvalue weighted by molar-refractivity contribution is 5.19. The Hall–Kier alpha value is -0.240. The van der Waals surface area contributed by atoms with Gasteiger partial charge in [0.15, 0.2) is 0 Å². The van der Waals surface area contributed by atoms with Crippen molar-refractivity contribution >= 4 is 0 Å². The highest BCUT2D eigenvalue weighted by Crippen LogP contribution is 2.68. The Balaban J connectivity index is 1.72. The largest absolute Gasteiger partial charge is 0.394 e. The zero-order valence-electron chi connectivity index (χ0n) is 16.5. The van der Waals surface area contributed by atoms with E-state index in [0.717, 1.165) is 12.8 Å². The van der Waals surface area contributed by atoms with Crippen LogP contribution < -0.4 is 0 Å². The number of aliphatic hydroxyl groups excluding tert-OH is 5. The lowest BCUT2D eigenvalue weighted by Crippen LogP contribution is -2.67. The van der Waals surface area contributed by atoms with Crippen molar-refractivity contribution in [3.63, 3.8) is 0 Å². The predicted molar refractivity (Wildman–Crippen MR) is 98.6 cm³/mol. The van der Waals surface area contributed by atoms with Gasteiger partial charge in [0.2, 0.25) is 0 Å². The third-order valence-corrected chi connectivity index (χ3v) is 9.69. The maximum absolute atomic E-state index is 11.3. The zero-order valence-corrected chi connectivity index (χ0v) is 16.5. The normalized spacial score (nSPS) is 58.9. The molecule has 0 saturated heterocycles. The van der Waals surface area contributed by atoms with Crippen LogP contribution in [0, 0.1) is 34.5 Å². The van der Waals surface area contributed by atoms with Crippen molar-refractivity contribution in [3.8, 4) is 0 Å². The molecule has 11 atom stereocenters. The molecule has 0 bridgehead atoms. The summed E-state index contributed by atoms with van der Waals surface area (Å²) in [5, 5.41) is 63.6. The quantitative estimate of drug-likeness (QED) is 0.410. The van der Waals surface area contributed by atoms with Crippen LogP contribution in [0.3, 0.4) is 0 Å². The number of hydrogen-bond donors (Lipinski definition) is 6. The van der Waals surface area contributed by atoms with Crippen molar-refractivity contribution in [1.82, 2.24) is 0 Å². The van der Waals surface area contributed by atoms with Gasteiger partial charge < -0.3 is 30.6 Å². The van der Waals surface area contributed by atoms with Gasteiger partial charge in [-0.2, -0.15) is 0 Å². The molecule has 0 amide bonds. The highest BCUT2D eigenvalue weighted by atomic mass is 16.4. The molecular weight excluding hydrogens is 348 g/mol. The fourth-order valence-electron chi connectivity index (χ4n) is 7.94. The second-order valence-electron chi connectivity index (χ2n) is 10.4. The maximum Gasteiger partial charge on any atom is 0.106 e. The Morgan fingerprint density at radius 3 is 2.33 bits per heavy atom. The molecule has 11 unspecified atom stereocenters. The lowest BCUT2D eigenvalue weighted by molar-refractivity contribution is -0.250. The van der Waals surface area contributed by atoms with Crippen molar-refractivity contribution in [1.29, 1.82) is 0 Å². The molecule has 0 aromatic rings. The first kappa shape index (κ1) is 20.0. The highest BCUT2D eigenvalue weighted by Gasteiger charge is 2.70. The molecule has 0 radical (unpaired) electrons. The first-order chi connectivity index (χ1) is 12.6. The van der Waals surface area contributed by atoms with Crippen molar-refractivity contribution < 1.29 is 30.6 Å². The minimum Gasteiger partial charge on any atom is -0.394 e. The molecule has 4 fully saturated rings. The van der Waals surface area contributed by atoms with Gasteiger partial charge in [0.05, 0.1) is 24.9 Å². The second-order valence-corrected chi connectivity index (χ2v) is 10.4. The van der Waals surface area contributed by atoms with Crippen molar-refractivity contribution in [2.75, 3.05) is 6.61 Å². The molecule has 4 saturated carbocycles. The number of aliphatic hydroxyl groups is 6. The van der Waals surface area contributed by atoms with E-state index in [0.29, 0.717) is 32.1 Å². The third kappa shape index (κ3) is 2.47. The van der Waals surface area contributed by atoms with E-state index in [1.54, 1.807) is 0 Å². The lowest BCUT2D eigenvalue weighted by atomic mass is 9.43. The van der Waals surface area contributed by atoms with Gasteiger partial charge in [-0.25, -0.2) is 0 Å². The molecule has 0 aliphatic heterocycles. The Labute approximate surface area is 161 Å². The Kier molecular flexibility index (Phi) is 4.74. The van der Waals surface area contributed by atoms with Crippen LogP contribution in [0.25, 0.3) is 0 Å². The van der Waals surface area contributed by atoms with Crippen LogP contribution in [-0.2, 0) is 0 Å². The van der Waals surface area contributed by atoms with E-state index >= 15 is 0 Å². The first-order valence-corrected chi connectivity index (χ1v) is 10.6. The molecule has 4 aliphatic rings. The Bertz CT molecular complexity index is 585. The van der Waals surface area contributed by atoms with Crippen LogP contribution in [0.2, 0.25) is 0 Å². The van der Waals surface area contributed by atoms with Crippen LogP contribution in [-0.4, -0.2) is 67.3 Å². The molecule has 6 N–H and O–H groups in total. The average Bonchev–Trinajstić information content (AvgIpc) is 2.91. The summed E-state index contributed by atoms with van der Waals surface area (Å²) in [6.07, 6.45) is 1.53. The summed E-state index contributed by atoms with van der Waals surface area (Å²) in [7, 11) is 0. The van der Waals surface area contributed by atoms with Gasteiger partial charge in [-0.3, -0.25) is 0 Å². The van der Waals surface area contributed by atoms with Crippen LogP contribution in [0.5, 0.6) is 0 Å². The molecule has 0 aromatic heterocycles. The SMILES string of the molecule is CC12CCC(O)CC1CC(O)C1C2CC(O)C2(C)C1CCC2(O)C(O)CO. The van der Waals surface area contributed by atoms with Crippen LogP contribution in [0.1, 0.15) is 58.8 Å². The maximum atomic E-state index is 11.3. The van der Waals surface area contributed by atoms with E-state index in [9.17, 15) is 30.6 Å². The Morgan fingerprint density at radius 1 is 0.963 bits per heavy atom. The van der Waals surface area contributed by atoms with Gasteiger partial charge in [-0.15, -0.1) is 0 Å². The summed E-state index contributed by atoms with van der Waals surface area (Å²) in [6.45, 7) is 3.54. The molecule has 4 aliphatic carbocycles. The number of rotatable bonds is 2. The van der Waals surface area contributed by atoms with Gasteiger partial charge in [0.1, 0.15) is 11.7 Å². The van der Waals surface area contributed by atoms with Gasteiger partial charge in [0, 0.05) is 5.41 Å². The molecular formula is C21H36O6. The first-order valence-electron chi connectivity index (χ1n) is 10.6. The van der Waals surface area contributed by atoms with Gasteiger partial charge in [-0.05, 0) is 74.0 Å². The number of hydrogen-bond acceptors (Lipinski definition) is 6. The minimum absolute atomic E-state index is 0.0261. The molecule has 0 spiro atoms. The van der Waals surface area contributed by atoms with Gasteiger partial charge in [-0.1, -0.05) is 13.8 Å². The van der Waals surface area contributed by atoms with E-state index in [4.69, 9.17) is 0 Å². The molecule has 6 heteroatoms. The summed E-state index contributed by atoms with van der Waals surface area (Å²) >= 11 is 0. The topological polar surface area (TPSA) is 121 Å². The third-order valence-electron chi connectivity index (χ3n) is 9.69. The fraction of sp³-hybridized carbons (Fsp3) is 1.00.